The van der Waals surface area contributed by atoms with Crippen molar-refractivity contribution in [2.45, 2.75) is 64.3 Å². The predicted molar refractivity (Wildman–Crippen MR) is 86.7 cm³/mol. The summed E-state index contributed by atoms with van der Waals surface area (Å²) in [5.41, 5.74) is 1.43. The standard InChI is InChI=1S/C17H27NO2S/c1-13(2)11-14-5-7-16(8-6-14)21(19,20)18-15-9-10-17(3,4)12-15/h5-8,13,15,18H,9-12H2,1-4H3. The number of rotatable bonds is 5. The molecule has 1 unspecified atom stereocenters. The third-order valence-corrected chi connectivity index (χ3v) is 5.70. The third-order valence-electron chi connectivity index (χ3n) is 4.17. The Morgan fingerprint density at radius 3 is 2.33 bits per heavy atom. The van der Waals surface area contributed by atoms with E-state index in [1.807, 2.05) is 12.1 Å². The van der Waals surface area contributed by atoms with Crippen molar-refractivity contribution in [2.75, 3.05) is 0 Å². The van der Waals surface area contributed by atoms with Crippen LogP contribution in [-0.4, -0.2) is 14.5 Å². The van der Waals surface area contributed by atoms with Crippen LogP contribution in [0.4, 0.5) is 0 Å². The summed E-state index contributed by atoms with van der Waals surface area (Å²) in [7, 11) is -3.39. The van der Waals surface area contributed by atoms with E-state index in [9.17, 15) is 8.42 Å². The molecule has 1 atom stereocenters. The van der Waals surface area contributed by atoms with Crippen LogP contribution in [0.1, 0.15) is 52.5 Å². The average Bonchev–Trinajstić information content (AvgIpc) is 2.67. The summed E-state index contributed by atoms with van der Waals surface area (Å²) in [4.78, 5) is 0.375. The van der Waals surface area contributed by atoms with Crippen molar-refractivity contribution < 1.29 is 8.42 Å². The summed E-state index contributed by atoms with van der Waals surface area (Å²) in [6, 6.07) is 7.36. The van der Waals surface area contributed by atoms with Crippen LogP contribution in [0.15, 0.2) is 29.2 Å². The maximum atomic E-state index is 12.4. The second kappa shape index (κ2) is 6.09. The van der Waals surface area contributed by atoms with E-state index >= 15 is 0 Å². The van der Waals surface area contributed by atoms with Crippen molar-refractivity contribution in [1.29, 1.82) is 0 Å². The molecule has 0 amide bonds. The normalized spacial score (nSPS) is 21.9. The van der Waals surface area contributed by atoms with E-state index < -0.39 is 10.0 Å². The highest BCUT2D eigenvalue weighted by atomic mass is 32.2. The van der Waals surface area contributed by atoms with Crippen LogP contribution in [0.3, 0.4) is 0 Å². The largest absolute Gasteiger partial charge is 0.240 e. The molecule has 4 heteroatoms. The van der Waals surface area contributed by atoms with Gasteiger partial charge in [0.2, 0.25) is 10.0 Å². The van der Waals surface area contributed by atoms with E-state index in [0.717, 1.165) is 25.7 Å². The van der Waals surface area contributed by atoms with Gasteiger partial charge in [0.1, 0.15) is 0 Å². The SMILES string of the molecule is CC(C)Cc1ccc(S(=O)(=O)NC2CCC(C)(C)C2)cc1. The Morgan fingerprint density at radius 1 is 1.24 bits per heavy atom. The molecular weight excluding hydrogens is 282 g/mol. The molecule has 1 N–H and O–H groups in total. The fraction of sp³-hybridized carbons (Fsp3) is 0.647. The minimum Gasteiger partial charge on any atom is -0.208 e. The van der Waals surface area contributed by atoms with Crippen LogP contribution in [0.25, 0.3) is 0 Å². The number of hydrogen-bond acceptors (Lipinski definition) is 2. The topological polar surface area (TPSA) is 46.2 Å². The molecule has 2 rings (SSSR count). The summed E-state index contributed by atoms with van der Waals surface area (Å²) >= 11 is 0. The highest BCUT2D eigenvalue weighted by Crippen LogP contribution is 2.37. The second-order valence-corrected chi connectivity index (χ2v) is 9.18. The van der Waals surface area contributed by atoms with Crippen molar-refractivity contribution >= 4 is 10.0 Å². The molecule has 0 radical (unpaired) electrons. The zero-order valence-corrected chi connectivity index (χ0v) is 14.3. The third kappa shape index (κ3) is 4.55. The van der Waals surface area contributed by atoms with Crippen molar-refractivity contribution in [2.24, 2.45) is 11.3 Å². The molecule has 1 aliphatic carbocycles. The lowest BCUT2D eigenvalue weighted by Gasteiger charge is -2.18. The van der Waals surface area contributed by atoms with Crippen LogP contribution < -0.4 is 4.72 Å². The van der Waals surface area contributed by atoms with Gasteiger partial charge in [0.05, 0.1) is 4.90 Å². The minimum absolute atomic E-state index is 0.0698. The summed E-state index contributed by atoms with van der Waals surface area (Å²) in [6.45, 7) is 8.71. The molecule has 1 aliphatic rings. The fourth-order valence-electron chi connectivity index (χ4n) is 3.10. The zero-order valence-electron chi connectivity index (χ0n) is 13.5. The van der Waals surface area contributed by atoms with E-state index in [1.165, 1.54) is 5.56 Å². The molecule has 1 saturated carbocycles. The van der Waals surface area contributed by atoms with E-state index in [-0.39, 0.29) is 11.5 Å². The van der Waals surface area contributed by atoms with Crippen molar-refractivity contribution in [3.05, 3.63) is 29.8 Å². The van der Waals surface area contributed by atoms with Gasteiger partial charge < -0.3 is 0 Å². The maximum absolute atomic E-state index is 12.4. The summed E-state index contributed by atoms with van der Waals surface area (Å²) in [5.74, 6) is 0.575. The molecule has 0 heterocycles. The number of nitrogens with one attached hydrogen (secondary N) is 1. The Labute approximate surface area is 129 Å². The summed E-state index contributed by atoms with van der Waals surface area (Å²) in [6.07, 6.45) is 3.90. The van der Waals surface area contributed by atoms with Gasteiger partial charge in [-0.3, -0.25) is 0 Å². The van der Waals surface area contributed by atoms with E-state index in [4.69, 9.17) is 0 Å². The lowest BCUT2D eigenvalue weighted by molar-refractivity contribution is 0.372. The van der Waals surface area contributed by atoms with Gasteiger partial charge in [-0.25, -0.2) is 13.1 Å². The van der Waals surface area contributed by atoms with Crippen molar-refractivity contribution in [3.63, 3.8) is 0 Å². The number of benzene rings is 1. The first-order valence-corrected chi connectivity index (χ1v) is 9.27. The van der Waals surface area contributed by atoms with Gasteiger partial charge in [0.15, 0.2) is 0 Å². The highest BCUT2D eigenvalue weighted by molar-refractivity contribution is 7.89. The molecule has 1 aromatic carbocycles. The zero-order chi connectivity index (χ0) is 15.7. The molecule has 0 aliphatic heterocycles. The summed E-state index contributed by atoms with van der Waals surface area (Å²) in [5, 5.41) is 0. The van der Waals surface area contributed by atoms with Gasteiger partial charge in [-0.05, 0) is 54.7 Å². The van der Waals surface area contributed by atoms with Gasteiger partial charge in [-0.2, -0.15) is 0 Å². The van der Waals surface area contributed by atoms with Crippen LogP contribution >= 0.6 is 0 Å². The molecule has 0 bridgehead atoms. The van der Waals surface area contributed by atoms with E-state index in [1.54, 1.807) is 12.1 Å². The predicted octanol–water partition coefficient (Wildman–Crippen LogP) is 3.74. The average molecular weight is 309 g/mol. The molecule has 1 fully saturated rings. The Hall–Kier alpha value is -0.870. The van der Waals surface area contributed by atoms with Gasteiger partial charge in [-0.15, -0.1) is 0 Å². The Bertz CT molecular complexity index is 573. The first kappa shape index (κ1) is 16.5. The second-order valence-electron chi connectivity index (χ2n) is 7.47. The van der Waals surface area contributed by atoms with Crippen molar-refractivity contribution in [3.8, 4) is 0 Å². The van der Waals surface area contributed by atoms with E-state index in [0.29, 0.717) is 10.8 Å². The quantitative estimate of drug-likeness (QED) is 0.900. The van der Waals surface area contributed by atoms with Gasteiger partial charge in [-0.1, -0.05) is 39.8 Å². The number of sulfonamides is 1. The Kier molecular flexibility index (Phi) is 4.79. The first-order chi connectivity index (χ1) is 9.68. The molecule has 0 saturated heterocycles. The maximum Gasteiger partial charge on any atom is 0.240 e. The Morgan fingerprint density at radius 2 is 1.86 bits per heavy atom. The molecular formula is C17H27NO2S. The van der Waals surface area contributed by atoms with Gasteiger partial charge in [0.25, 0.3) is 0 Å². The van der Waals surface area contributed by atoms with Gasteiger partial charge in [0, 0.05) is 6.04 Å². The Balaban J connectivity index is 2.06. The molecule has 118 valence electrons. The van der Waals surface area contributed by atoms with E-state index in [2.05, 4.69) is 32.4 Å². The smallest absolute Gasteiger partial charge is 0.208 e. The lowest BCUT2D eigenvalue weighted by Crippen LogP contribution is -2.33. The molecule has 0 spiro atoms. The van der Waals surface area contributed by atoms with Crippen molar-refractivity contribution in [1.82, 2.24) is 4.72 Å². The fourth-order valence-corrected chi connectivity index (χ4v) is 4.37. The molecule has 0 aromatic heterocycles. The van der Waals surface area contributed by atoms with Crippen LogP contribution in [0, 0.1) is 11.3 Å². The minimum atomic E-state index is -3.39. The molecule has 3 nitrogen and oxygen atoms in total. The molecule has 1 aromatic rings. The van der Waals surface area contributed by atoms with Crippen LogP contribution in [0.5, 0.6) is 0 Å². The van der Waals surface area contributed by atoms with Crippen LogP contribution in [0.2, 0.25) is 0 Å². The lowest BCUT2D eigenvalue weighted by atomic mass is 9.92. The monoisotopic (exact) mass is 309 g/mol. The number of hydrogen-bond donors (Lipinski definition) is 1. The molecule has 21 heavy (non-hydrogen) atoms. The van der Waals surface area contributed by atoms with Crippen LogP contribution in [-0.2, 0) is 16.4 Å². The highest BCUT2D eigenvalue weighted by Gasteiger charge is 2.33. The first-order valence-electron chi connectivity index (χ1n) is 7.79. The van der Waals surface area contributed by atoms with Gasteiger partial charge >= 0.3 is 0 Å². The summed E-state index contributed by atoms with van der Waals surface area (Å²) < 4.78 is 27.7.